The molecule has 0 heterocycles. The van der Waals surface area contributed by atoms with E-state index in [0.29, 0.717) is 0 Å². The molecule has 2 nitrogen and oxygen atoms in total. The van der Waals surface area contributed by atoms with Crippen molar-refractivity contribution < 1.29 is 5.11 Å². The third-order valence-corrected chi connectivity index (χ3v) is 2.03. The predicted molar refractivity (Wildman–Crippen MR) is 51.0 cm³/mol. The zero-order valence-electron chi connectivity index (χ0n) is 7.70. The average Bonchev–Trinajstić information content (AvgIpc) is 2.18. The van der Waals surface area contributed by atoms with Gasteiger partial charge in [0.25, 0.3) is 0 Å². The third-order valence-electron chi connectivity index (χ3n) is 2.03. The molecular weight excluding hydrogens is 162 g/mol. The fourth-order valence-electron chi connectivity index (χ4n) is 1.22. The van der Waals surface area contributed by atoms with Gasteiger partial charge in [0.1, 0.15) is 0 Å². The molecule has 0 spiro atoms. The second-order valence-electron chi connectivity index (χ2n) is 2.98. The van der Waals surface area contributed by atoms with E-state index in [-0.39, 0.29) is 6.42 Å². The highest BCUT2D eigenvalue weighted by Gasteiger charge is 2.06. The van der Waals surface area contributed by atoms with Crippen LogP contribution in [0.2, 0.25) is 0 Å². The Morgan fingerprint density at radius 1 is 1.54 bits per heavy atom. The number of aryl methyl sites for hydroxylation is 1. The van der Waals surface area contributed by atoms with Crippen LogP contribution in [0.4, 0.5) is 0 Å². The maximum atomic E-state index is 9.52. The molecule has 68 valence electrons. The van der Waals surface area contributed by atoms with Crippen LogP contribution in [0.5, 0.6) is 0 Å². The number of hydrogen-bond donors (Lipinski definition) is 1. The first-order chi connectivity index (χ1) is 6.27. The van der Waals surface area contributed by atoms with E-state index in [9.17, 15) is 5.11 Å². The van der Waals surface area contributed by atoms with Crippen LogP contribution in [0.25, 0.3) is 0 Å². The van der Waals surface area contributed by atoms with Crippen molar-refractivity contribution in [3.8, 4) is 6.07 Å². The first kappa shape index (κ1) is 9.76. The van der Waals surface area contributed by atoms with Gasteiger partial charge in [-0.3, -0.25) is 0 Å². The van der Waals surface area contributed by atoms with Crippen molar-refractivity contribution >= 4 is 0 Å². The van der Waals surface area contributed by atoms with E-state index in [1.54, 1.807) is 0 Å². The largest absolute Gasteiger partial charge is 0.387 e. The van der Waals surface area contributed by atoms with Gasteiger partial charge in [0.2, 0.25) is 0 Å². The van der Waals surface area contributed by atoms with Gasteiger partial charge < -0.3 is 5.11 Å². The molecule has 0 aliphatic heterocycles. The summed E-state index contributed by atoms with van der Waals surface area (Å²) < 4.78 is 0. The van der Waals surface area contributed by atoms with Gasteiger partial charge in [0.05, 0.1) is 18.6 Å². The highest BCUT2D eigenvalue weighted by molar-refractivity contribution is 5.25. The molecular formula is C11H13NO. The SMILES string of the molecule is CCc1cccc(C(O)CC#N)c1. The summed E-state index contributed by atoms with van der Waals surface area (Å²) in [6, 6.07) is 9.68. The van der Waals surface area contributed by atoms with E-state index in [4.69, 9.17) is 5.26 Å². The third kappa shape index (κ3) is 2.57. The lowest BCUT2D eigenvalue weighted by molar-refractivity contribution is 0.183. The Hall–Kier alpha value is -1.33. The Labute approximate surface area is 78.4 Å². The second-order valence-corrected chi connectivity index (χ2v) is 2.98. The van der Waals surface area contributed by atoms with E-state index < -0.39 is 6.10 Å². The minimum absolute atomic E-state index is 0.160. The molecule has 0 amide bonds. The summed E-state index contributed by atoms with van der Waals surface area (Å²) in [5, 5.41) is 17.9. The van der Waals surface area contributed by atoms with Crippen LogP contribution < -0.4 is 0 Å². The highest BCUT2D eigenvalue weighted by Crippen LogP contribution is 2.17. The molecule has 0 aliphatic rings. The molecule has 13 heavy (non-hydrogen) atoms. The quantitative estimate of drug-likeness (QED) is 0.765. The number of hydrogen-bond acceptors (Lipinski definition) is 2. The van der Waals surface area contributed by atoms with Crippen molar-refractivity contribution in [3.05, 3.63) is 35.4 Å². The van der Waals surface area contributed by atoms with Crippen LogP contribution in [-0.2, 0) is 6.42 Å². The maximum Gasteiger partial charge on any atom is 0.0920 e. The molecule has 0 radical (unpaired) electrons. The topological polar surface area (TPSA) is 44.0 Å². The molecule has 1 rings (SSSR count). The number of aliphatic hydroxyl groups is 1. The molecule has 0 bridgehead atoms. The number of nitriles is 1. The summed E-state index contributed by atoms with van der Waals surface area (Å²) >= 11 is 0. The lowest BCUT2D eigenvalue weighted by Crippen LogP contribution is -1.96. The standard InChI is InChI=1S/C11H13NO/c1-2-9-4-3-5-10(8-9)11(13)6-7-12/h3-5,8,11,13H,2,6H2,1H3. The summed E-state index contributed by atoms with van der Waals surface area (Å²) in [6.07, 6.45) is 0.469. The zero-order valence-corrected chi connectivity index (χ0v) is 7.70. The molecule has 1 N–H and O–H groups in total. The Balaban J connectivity index is 2.83. The van der Waals surface area contributed by atoms with Gasteiger partial charge >= 0.3 is 0 Å². The normalized spacial score (nSPS) is 12.1. The molecule has 2 heteroatoms. The lowest BCUT2D eigenvalue weighted by Gasteiger charge is -2.07. The smallest absolute Gasteiger partial charge is 0.0920 e. The lowest BCUT2D eigenvalue weighted by atomic mass is 10.0. The number of benzene rings is 1. The van der Waals surface area contributed by atoms with Crippen LogP contribution in [0.3, 0.4) is 0 Å². The highest BCUT2D eigenvalue weighted by atomic mass is 16.3. The first-order valence-corrected chi connectivity index (χ1v) is 4.41. The van der Waals surface area contributed by atoms with Crippen LogP contribution in [0.15, 0.2) is 24.3 Å². The fraction of sp³-hybridized carbons (Fsp3) is 0.364. The molecule has 1 aromatic carbocycles. The summed E-state index contributed by atoms with van der Waals surface area (Å²) in [5.74, 6) is 0. The van der Waals surface area contributed by atoms with Crippen molar-refractivity contribution in [1.82, 2.24) is 0 Å². The summed E-state index contributed by atoms with van der Waals surface area (Å²) in [4.78, 5) is 0. The monoisotopic (exact) mass is 175 g/mol. The average molecular weight is 175 g/mol. The summed E-state index contributed by atoms with van der Waals surface area (Å²) in [7, 11) is 0. The van der Waals surface area contributed by atoms with Gasteiger partial charge in [-0.25, -0.2) is 0 Å². The van der Waals surface area contributed by atoms with Crippen LogP contribution in [0.1, 0.15) is 30.6 Å². The van der Waals surface area contributed by atoms with E-state index in [2.05, 4.69) is 6.92 Å². The summed E-state index contributed by atoms with van der Waals surface area (Å²) in [5.41, 5.74) is 2.02. The van der Waals surface area contributed by atoms with Gasteiger partial charge in [-0.2, -0.15) is 5.26 Å². The minimum Gasteiger partial charge on any atom is -0.387 e. The Morgan fingerprint density at radius 3 is 2.92 bits per heavy atom. The molecule has 0 saturated heterocycles. The molecule has 1 atom stereocenters. The Bertz CT molecular complexity index is 314. The molecule has 1 unspecified atom stereocenters. The van der Waals surface area contributed by atoms with Crippen molar-refractivity contribution in [3.63, 3.8) is 0 Å². The van der Waals surface area contributed by atoms with Gasteiger partial charge in [-0.05, 0) is 17.5 Å². The van der Waals surface area contributed by atoms with Crippen LogP contribution >= 0.6 is 0 Å². The van der Waals surface area contributed by atoms with Crippen molar-refractivity contribution in [2.75, 3.05) is 0 Å². The maximum absolute atomic E-state index is 9.52. The molecule has 0 fully saturated rings. The van der Waals surface area contributed by atoms with E-state index in [1.807, 2.05) is 30.3 Å². The zero-order chi connectivity index (χ0) is 9.68. The molecule has 1 aromatic rings. The van der Waals surface area contributed by atoms with E-state index in [1.165, 1.54) is 5.56 Å². The van der Waals surface area contributed by atoms with Crippen molar-refractivity contribution in [1.29, 1.82) is 5.26 Å². The minimum atomic E-state index is -0.642. The second kappa shape index (κ2) is 4.64. The van der Waals surface area contributed by atoms with Gasteiger partial charge in [-0.15, -0.1) is 0 Å². The van der Waals surface area contributed by atoms with Gasteiger partial charge in [0.15, 0.2) is 0 Å². The van der Waals surface area contributed by atoms with Crippen molar-refractivity contribution in [2.45, 2.75) is 25.9 Å². The molecule has 0 aromatic heterocycles. The van der Waals surface area contributed by atoms with Gasteiger partial charge in [-0.1, -0.05) is 31.2 Å². The Morgan fingerprint density at radius 2 is 2.31 bits per heavy atom. The predicted octanol–water partition coefficient (Wildman–Crippen LogP) is 2.20. The van der Waals surface area contributed by atoms with Crippen LogP contribution in [-0.4, -0.2) is 5.11 Å². The number of nitrogens with zero attached hydrogens (tertiary/aromatic N) is 1. The van der Waals surface area contributed by atoms with Crippen molar-refractivity contribution in [2.24, 2.45) is 0 Å². The van der Waals surface area contributed by atoms with Crippen LogP contribution in [0, 0.1) is 11.3 Å². The number of aliphatic hydroxyl groups excluding tert-OH is 1. The first-order valence-electron chi connectivity index (χ1n) is 4.41. The van der Waals surface area contributed by atoms with E-state index in [0.717, 1.165) is 12.0 Å². The fourth-order valence-corrected chi connectivity index (χ4v) is 1.22. The molecule has 0 saturated carbocycles. The molecule has 0 aliphatic carbocycles. The summed E-state index contributed by atoms with van der Waals surface area (Å²) in [6.45, 7) is 2.07. The number of rotatable bonds is 3. The van der Waals surface area contributed by atoms with Gasteiger partial charge in [0, 0.05) is 0 Å². The van der Waals surface area contributed by atoms with E-state index >= 15 is 0 Å². The Kier molecular flexibility index (Phi) is 3.48.